The van der Waals surface area contributed by atoms with E-state index < -0.39 is 11.7 Å². The molecule has 108 valence electrons. The van der Waals surface area contributed by atoms with Gasteiger partial charge in [-0.3, -0.25) is 4.79 Å². The summed E-state index contributed by atoms with van der Waals surface area (Å²) in [6.45, 7) is 3.34. The summed E-state index contributed by atoms with van der Waals surface area (Å²) >= 11 is 1.36. The third-order valence-corrected chi connectivity index (χ3v) is 3.87. The van der Waals surface area contributed by atoms with Gasteiger partial charge in [-0.2, -0.15) is 0 Å². The molecule has 0 aliphatic heterocycles. The zero-order valence-corrected chi connectivity index (χ0v) is 12.4. The molecule has 0 bridgehead atoms. The van der Waals surface area contributed by atoms with E-state index in [-0.39, 0.29) is 5.57 Å². The van der Waals surface area contributed by atoms with Gasteiger partial charge in [0.15, 0.2) is 17.9 Å². The fraction of sp³-hybridized carbons (Fsp3) is 0.267. The Labute approximate surface area is 120 Å². The highest BCUT2D eigenvalue weighted by Crippen LogP contribution is 2.36. The fourth-order valence-electron chi connectivity index (χ4n) is 1.85. The molecule has 0 atom stereocenters. The number of aliphatic hydroxyl groups excluding tert-OH is 1. The van der Waals surface area contributed by atoms with Gasteiger partial charge in [-0.05, 0) is 31.2 Å². The maximum atomic E-state index is 14.0. The molecule has 1 aliphatic carbocycles. The van der Waals surface area contributed by atoms with Crippen molar-refractivity contribution >= 4 is 23.2 Å². The summed E-state index contributed by atoms with van der Waals surface area (Å²) in [5.41, 5.74) is 1.41. The summed E-state index contributed by atoms with van der Waals surface area (Å²) in [5, 5.41) is 8.69. The van der Waals surface area contributed by atoms with E-state index in [4.69, 9.17) is 5.11 Å². The van der Waals surface area contributed by atoms with Crippen LogP contribution in [0.2, 0.25) is 0 Å². The van der Waals surface area contributed by atoms with Gasteiger partial charge < -0.3 is 5.11 Å². The van der Waals surface area contributed by atoms with Crippen LogP contribution in [0.3, 0.4) is 0 Å². The number of aryl methyl sites for hydroxylation is 1. The first-order valence-electron chi connectivity index (χ1n) is 5.96. The lowest BCUT2D eigenvalue weighted by atomic mass is 10.0. The number of carbonyl (C=O) groups is 1. The number of allylic oxidation sites excluding steroid dienone is 6. The zero-order chi connectivity index (χ0) is 15.3. The highest BCUT2D eigenvalue weighted by atomic mass is 32.1. The number of hydrogen-bond donors (Lipinski definition) is 1. The van der Waals surface area contributed by atoms with E-state index in [0.29, 0.717) is 29.4 Å². The predicted molar refractivity (Wildman–Crippen MR) is 78.2 cm³/mol. The molecule has 0 radical (unpaired) electrons. The van der Waals surface area contributed by atoms with Crippen LogP contribution in [0.5, 0.6) is 0 Å². The van der Waals surface area contributed by atoms with E-state index in [1.165, 1.54) is 11.3 Å². The Kier molecular flexibility index (Phi) is 5.98. The molecule has 1 heterocycles. The average molecular weight is 298 g/mol. The van der Waals surface area contributed by atoms with Crippen LogP contribution in [0.1, 0.15) is 34.1 Å². The molecule has 2 nitrogen and oxygen atoms in total. The fourth-order valence-corrected chi connectivity index (χ4v) is 2.68. The molecule has 1 aliphatic rings. The van der Waals surface area contributed by atoms with Gasteiger partial charge in [0.1, 0.15) is 0 Å². The molecular formula is C15H16F2O2S. The van der Waals surface area contributed by atoms with Crippen LogP contribution < -0.4 is 0 Å². The average Bonchev–Trinajstić information content (AvgIpc) is 2.78. The Morgan fingerprint density at radius 1 is 1.25 bits per heavy atom. The van der Waals surface area contributed by atoms with Crippen molar-refractivity contribution in [1.82, 2.24) is 0 Å². The molecule has 2 rings (SSSR count). The molecule has 0 spiro atoms. The molecule has 1 aromatic rings. The highest BCUT2D eigenvalue weighted by Gasteiger charge is 2.20. The first-order valence-corrected chi connectivity index (χ1v) is 6.84. The number of aliphatic hydroxyl groups is 1. The third-order valence-electron chi connectivity index (χ3n) is 2.94. The lowest BCUT2D eigenvalue weighted by Gasteiger charge is -2.03. The van der Waals surface area contributed by atoms with Gasteiger partial charge >= 0.3 is 0 Å². The zero-order valence-electron chi connectivity index (χ0n) is 11.5. The van der Waals surface area contributed by atoms with Crippen LogP contribution in [0.15, 0.2) is 34.8 Å². The number of halogens is 2. The molecule has 20 heavy (non-hydrogen) atoms. The molecule has 0 unspecified atom stereocenters. The number of thiophene rings is 1. The Hall–Kier alpha value is -1.59. The lowest BCUT2D eigenvalue weighted by molar-refractivity contribution is 0.112. The van der Waals surface area contributed by atoms with E-state index in [1.807, 2.05) is 0 Å². The number of rotatable bonds is 2. The van der Waals surface area contributed by atoms with Crippen LogP contribution in [0, 0.1) is 6.92 Å². The topological polar surface area (TPSA) is 37.3 Å². The Bertz CT molecular complexity index is 595. The van der Waals surface area contributed by atoms with E-state index in [9.17, 15) is 13.6 Å². The summed E-state index contributed by atoms with van der Waals surface area (Å²) in [4.78, 5) is 11.8. The maximum absolute atomic E-state index is 14.0. The van der Waals surface area contributed by atoms with Crippen molar-refractivity contribution in [1.29, 1.82) is 0 Å². The summed E-state index contributed by atoms with van der Waals surface area (Å²) in [7, 11) is 1.00. The first-order chi connectivity index (χ1) is 9.56. The van der Waals surface area contributed by atoms with Crippen molar-refractivity contribution in [3.8, 4) is 0 Å². The summed E-state index contributed by atoms with van der Waals surface area (Å²) < 4.78 is 27.8. The minimum Gasteiger partial charge on any atom is -0.400 e. The second-order valence-corrected chi connectivity index (χ2v) is 5.25. The van der Waals surface area contributed by atoms with Gasteiger partial charge in [-0.1, -0.05) is 12.2 Å². The van der Waals surface area contributed by atoms with E-state index in [2.05, 4.69) is 0 Å². The Morgan fingerprint density at radius 3 is 2.50 bits per heavy atom. The normalized spacial score (nSPS) is 14.9. The molecule has 0 fully saturated rings. The second kappa shape index (κ2) is 7.26. The van der Waals surface area contributed by atoms with Crippen molar-refractivity contribution in [2.24, 2.45) is 0 Å². The minimum atomic E-state index is -0.887. The summed E-state index contributed by atoms with van der Waals surface area (Å²) in [5.74, 6) is -1.71. The molecule has 5 heteroatoms. The standard InChI is InChI=1S/C14H12F2OS.CH4O/c1-8-4-3-5-10(14(16)13(8)15)12-7-18-9(2)11(12)6-17;1-2/h3,5-7H,4H2,1-2H3;2H,1H3. The second-order valence-electron chi connectivity index (χ2n) is 4.17. The van der Waals surface area contributed by atoms with Crippen LogP contribution in [-0.2, 0) is 0 Å². The van der Waals surface area contributed by atoms with Gasteiger partial charge in [-0.25, -0.2) is 8.78 Å². The predicted octanol–water partition coefficient (Wildman–Crippen LogP) is 4.36. The molecule has 0 aromatic carbocycles. The minimum absolute atomic E-state index is 0.149. The van der Waals surface area contributed by atoms with Gasteiger partial charge in [0, 0.05) is 28.7 Å². The largest absolute Gasteiger partial charge is 0.400 e. The van der Waals surface area contributed by atoms with E-state index >= 15 is 0 Å². The third kappa shape index (κ3) is 3.11. The van der Waals surface area contributed by atoms with Gasteiger partial charge in [-0.15, -0.1) is 11.3 Å². The van der Waals surface area contributed by atoms with Crippen molar-refractivity contribution in [2.75, 3.05) is 7.11 Å². The first kappa shape index (κ1) is 16.5. The number of aldehydes is 1. The number of hydrogen-bond acceptors (Lipinski definition) is 3. The monoisotopic (exact) mass is 298 g/mol. The Balaban J connectivity index is 0.000000956. The number of carbonyl (C=O) groups excluding carboxylic acids is 1. The van der Waals surface area contributed by atoms with Gasteiger partial charge in [0.05, 0.1) is 0 Å². The molecular weight excluding hydrogens is 282 g/mol. The molecule has 0 amide bonds. The smallest absolute Gasteiger partial charge is 0.166 e. The van der Waals surface area contributed by atoms with Crippen molar-refractivity contribution in [2.45, 2.75) is 20.3 Å². The van der Waals surface area contributed by atoms with Crippen LogP contribution in [-0.4, -0.2) is 18.5 Å². The van der Waals surface area contributed by atoms with E-state index in [0.717, 1.165) is 12.0 Å². The quantitative estimate of drug-likeness (QED) is 0.824. The van der Waals surface area contributed by atoms with Crippen molar-refractivity contribution in [3.05, 3.63) is 50.8 Å². The SMILES string of the molecule is CC1=C(F)C(F)=C(c2csc(C)c2C=O)C=CC1.CO. The van der Waals surface area contributed by atoms with Crippen molar-refractivity contribution in [3.63, 3.8) is 0 Å². The van der Waals surface area contributed by atoms with Crippen LogP contribution in [0.4, 0.5) is 8.78 Å². The van der Waals surface area contributed by atoms with Crippen LogP contribution >= 0.6 is 11.3 Å². The van der Waals surface area contributed by atoms with Gasteiger partial charge in [0.2, 0.25) is 0 Å². The van der Waals surface area contributed by atoms with E-state index in [1.54, 1.807) is 31.4 Å². The summed E-state index contributed by atoms with van der Waals surface area (Å²) in [6, 6.07) is 0. The molecule has 0 saturated carbocycles. The molecule has 1 N–H and O–H groups in total. The molecule has 0 saturated heterocycles. The lowest BCUT2D eigenvalue weighted by Crippen LogP contribution is -1.91. The van der Waals surface area contributed by atoms with Crippen LogP contribution in [0.25, 0.3) is 5.57 Å². The highest BCUT2D eigenvalue weighted by molar-refractivity contribution is 7.10. The molecule has 1 aromatic heterocycles. The van der Waals surface area contributed by atoms with Gasteiger partial charge in [0.25, 0.3) is 0 Å². The van der Waals surface area contributed by atoms with Crippen molar-refractivity contribution < 1.29 is 18.7 Å². The maximum Gasteiger partial charge on any atom is 0.166 e. The Morgan fingerprint density at radius 2 is 1.90 bits per heavy atom. The summed E-state index contributed by atoms with van der Waals surface area (Å²) in [6.07, 6.45) is 4.31.